The number of nitrogens with zero attached hydrogens (tertiary/aromatic N) is 1. The van der Waals surface area contributed by atoms with Gasteiger partial charge in [-0.2, -0.15) is 0 Å². The Hall–Kier alpha value is -1.84. The first-order valence-electron chi connectivity index (χ1n) is 6.37. The van der Waals surface area contributed by atoms with Crippen LogP contribution in [0.4, 0.5) is 0 Å². The fourth-order valence-corrected chi connectivity index (χ4v) is 4.20. The van der Waals surface area contributed by atoms with Crippen molar-refractivity contribution in [1.29, 1.82) is 0 Å². The van der Waals surface area contributed by atoms with Crippen LogP contribution in [-0.2, 0) is 14.3 Å². The van der Waals surface area contributed by atoms with Crippen LogP contribution in [0.1, 0.15) is 9.67 Å². The summed E-state index contributed by atoms with van der Waals surface area (Å²) in [5, 5.41) is 10.7. The first-order chi connectivity index (χ1) is 10.5. The van der Waals surface area contributed by atoms with E-state index in [1.165, 1.54) is 28.0 Å². The van der Waals surface area contributed by atoms with Crippen molar-refractivity contribution in [1.82, 2.24) is 4.90 Å². The zero-order valence-corrected chi connectivity index (χ0v) is 12.9. The molecule has 1 unspecified atom stereocenters. The van der Waals surface area contributed by atoms with Crippen LogP contribution >= 0.6 is 23.1 Å². The Bertz CT molecular complexity index is 670. The lowest BCUT2D eigenvalue weighted by molar-refractivity contribution is -0.148. The van der Waals surface area contributed by atoms with Crippen molar-refractivity contribution in [2.24, 2.45) is 5.73 Å². The molecule has 0 saturated carbocycles. The van der Waals surface area contributed by atoms with E-state index in [9.17, 15) is 19.5 Å². The number of carbonyl (C=O) groups excluding carboxylic acids is 2. The fourth-order valence-electron chi connectivity index (χ4n) is 2.31. The third-order valence-electron chi connectivity index (χ3n) is 3.39. The number of β-lactam (4-membered cyclic amide) rings is 1. The quantitative estimate of drug-likeness (QED) is 0.606. The van der Waals surface area contributed by atoms with Crippen LogP contribution in [0.25, 0.3) is 0 Å². The molecule has 0 spiro atoms. The fraction of sp³-hybridized carbons (Fsp3) is 0.308. The van der Waals surface area contributed by atoms with E-state index in [2.05, 4.69) is 0 Å². The van der Waals surface area contributed by atoms with Crippen molar-refractivity contribution in [2.45, 2.75) is 11.4 Å². The lowest BCUT2D eigenvalue weighted by atomic mass is 10.0. The Kier molecular flexibility index (Phi) is 3.94. The highest BCUT2D eigenvalue weighted by Crippen LogP contribution is 2.39. The van der Waals surface area contributed by atoms with Gasteiger partial charge in [-0.1, -0.05) is 6.07 Å². The summed E-state index contributed by atoms with van der Waals surface area (Å²) < 4.78 is 5.14. The Balaban J connectivity index is 1.77. The van der Waals surface area contributed by atoms with E-state index in [1.807, 2.05) is 0 Å². The Labute approximate surface area is 133 Å². The zero-order valence-electron chi connectivity index (χ0n) is 11.2. The molecule has 116 valence electrons. The third-order valence-corrected chi connectivity index (χ3v) is 5.60. The van der Waals surface area contributed by atoms with Crippen LogP contribution in [0.5, 0.6) is 0 Å². The number of ether oxygens (including phenoxy) is 1. The number of nitrogens with two attached hydrogens (primary N) is 1. The van der Waals surface area contributed by atoms with Crippen molar-refractivity contribution in [2.75, 3.05) is 12.4 Å². The molecule has 1 fully saturated rings. The molecule has 0 aliphatic carbocycles. The third kappa shape index (κ3) is 2.40. The molecule has 2 aliphatic rings. The average molecular weight is 340 g/mol. The summed E-state index contributed by atoms with van der Waals surface area (Å²) in [6.07, 6.45) is 0. The highest BCUT2D eigenvalue weighted by Gasteiger charge is 2.51. The van der Waals surface area contributed by atoms with Crippen molar-refractivity contribution in [3.8, 4) is 0 Å². The summed E-state index contributed by atoms with van der Waals surface area (Å²) in [6.45, 7) is -0.156. The van der Waals surface area contributed by atoms with Gasteiger partial charge in [-0.15, -0.1) is 23.1 Å². The molecule has 7 nitrogen and oxygen atoms in total. The maximum Gasteiger partial charge on any atom is 0.352 e. The molecule has 1 aromatic heterocycles. The van der Waals surface area contributed by atoms with Gasteiger partial charge in [0.25, 0.3) is 0 Å². The van der Waals surface area contributed by atoms with E-state index in [0.29, 0.717) is 16.2 Å². The van der Waals surface area contributed by atoms with Crippen LogP contribution in [-0.4, -0.2) is 51.6 Å². The van der Waals surface area contributed by atoms with Gasteiger partial charge in [0.1, 0.15) is 28.6 Å². The molecule has 0 radical (unpaired) electrons. The summed E-state index contributed by atoms with van der Waals surface area (Å²) in [5.41, 5.74) is 5.94. The van der Waals surface area contributed by atoms with Gasteiger partial charge in [-0.05, 0) is 11.4 Å². The molecule has 3 N–H and O–H groups in total. The van der Waals surface area contributed by atoms with Gasteiger partial charge in [-0.25, -0.2) is 9.59 Å². The number of rotatable bonds is 4. The standard InChI is InChI=1S/C13H12N2O5S2/c14-8-10(16)15-9(12(17)18)6(5-22-11(8)15)4-20-13(19)7-2-1-3-21-7/h1-3,8,11H,4-5,14H2,(H,17,18)/t8?,11-/m0/s1. The number of esters is 1. The van der Waals surface area contributed by atoms with Gasteiger partial charge in [0.2, 0.25) is 5.91 Å². The largest absolute Gasteiger partial charge is 0.477 e. The molecule has 0 aromatic carbocycles. The summed E-state index contributed by atoms with van der Waals surface area (Å²) in [5.74, 6) is -1.78. The molecule has 3 rings (SSSR count). The minimum Gasteiger partial charge on any atom is -0.477 e. The zero-order chi connectivity index (χ0) is 15.9. The minimum atomic E-state index is -1.22. The predicted octanol–water partition coefficient (Wildman–Crippen LogP) is 0.486. The molecule has 9 heteroatoms. The maximum absolute atomic E-state index is 11.8. The number of carbonyl (C=O) groups is 3. The van der Waals surface area contributed by atoms with Gasteiger partial charge >= 0.3 is 11.9 Å². The van der Waals surface area contributed by atoms with Crippen molar-refractivity contribution in [3.05, 3.63) is 33.7 Å². The molecule has 0 bridgehead atoms. The van der Waals surface area contributed by atoms with E-state index in [-0.39, 0.29) is 17.7 Å². The van der Waals surface area contributed by atoms with Crippen LogP contribution < -0.4 is 5.73 Å². The van der Waals surface area contributed by atoms with Crippen LogP contribution in [0.2, 0.25) is 0 Å². The second-order valence-corrected chi connectivity index (χ2v) is 6.80. The van der Waals surface area contributed by atoms with E-state index < -0.39 is 23.9 Å². The van der Waals surface area contributed by atoms with Crippen molar-refractivity contribution in [3.63, 3.8) is 0 Å². The van der Waals surface area contributed by atoms with Crippen LogP contribution in [0.15, 0.2) is 28.8 Å². The second-order valence-electron chi connectivity index (χ2n) is 4.75. The van der Waals surface area contributed by atoms with Gasteiger partial charge < -0.3 is 15.6 Å². The topological polar surface area (TPSA) is 110 Å². The maximum atomic E-state index is 11.8. The molecule has 1 saturated heterocycles. The first kappa shape index (κ1) is 15.1. The van der Waals surface area contributed by atoms with E-state index in [0.717, 1.165) is 0 Å². The molecule has 3 heterocycles. The SMILES string of the molecule is NC1C(=O)N2C(C(=O)O)=C(COC(=O)c3cccs3)CS[C@@H]12. The number of carboxylic acid groups (broad SMARTS) is 1. The number of hydrogen-bond acceptors (Lipinski definition) is 7. The number of thioether (sulfide) groups is 1. The van der Waals surface area contributed by atoms with Gasteiger partial charge in [-0.3, -0.25) is 9.69 Å². The molecule has 22 heavy (non-hydrogen) atoms. The lowest BCUT2D eigenvalue weighted by Gasteiger charge is -2.47. The summed E-state index contributed by atoms with van der Waals surface area (Å²) >= 11 is 2.62. The van der Waals surface area contributed by atoms with Gasteiger partial charge in [0.15, 0.2) is 0 Å². The molecular formula is C13H12N2O5S2. The normalized spacial score (nSPS) is 23.9. The van der Waals surface area contributed by atoms with Crippen LogP contribution in [0.3, 0.4) is 0 Å². The molecule has 1 amide bonds. The number of amides is 1. The number of thiophene rings is 1. The predicted molar refractivity (Wildman–Crippen MR) is 80.3 cm³/mol. The number of hydrogen-bond donors (Lipinski definition) is 2. The van der Waals surface area contributed by atoms with Gasteiger partial charge in [0.05, 0.1) is 0 Å². The Morgan fingerprint density at radius 3 is 2.91 bits per heavy atom. The monoisotopic (exact) mass is 340 g/mol. The summed E-state index contributed by atoms with van der Waals surface area (Å²) in [6, 6.07) is 2.68. The number of carboxylic acids is 1. The Morgan fingerprint density at radius 2 is 2.27 bits per heavy atom. The Morgan fingerprint density at radius 1 is 1.50 bits per heavy atom. The number of aliphatic carboxylic acids is 1. The average Bonchev–Trinajstić information content (AvgIpc) is 3.05. The lowest BCUT2D eigenvalue weighted by Crippen LogP contribution is -2.68. The first-order valence-corrected chi connectivity index (χ1v) is 8.29. The van der Waals surface area contributed by atoms with Crippen molar-refractivity contribution < 1.29 is 24.2 Å². The van der Waals surface area contributed by atoms with E-state index in [1.54, 1.807) is 17.5 Å². The second kappa shape index (κ2) is 5.75. The smallest absolute Gasteiger partial charge is 0.352 e. The summed E-state index contributed by atoms with van der Waals surface area (Å²) in [7, 11) is 0. The van der Waals surface area contributed by atoms with Crippen molar-refractivity contribution >= 4 is 40.9 Å². The highest BCUT2D eigenvalue weighted by molar-refractivity contribution is 8.00. The highest BCUT2D eigenvalue weighted by atomic mass is 32.2. The number of fused-ring (bicyclic) bond motifs is 1. The van der Waals surface area contributed by atoms with E-state index >= 15 is 0 Å². The van der Waals surface area contributed by atoms with Gasteiger partial charge in [0, 0.05) is 11.3 Å². The summed E-state index contributed by atoms with van der Waals surface area (Å²) in [4.78, 5) is 36.6. The van der Waals surface area contributed by atoms with E-state index in [4.69, 9.17) is 10.5 Å². The molecular weight excluding hydrogens is 328 g/mol. The molecule has 1 aromatic rings. The molecule has 2 atom stereocenters. The molecule has 2 aliphatic heterocycles. The van der Waals surface area contributed by atoms with Crippen LogP contribution in [0, 0.1) is 0 Å². The minimum absolute atomic E-state index is 0.116.